The molecule has 0 unspecified atom stereocenters. The van der Waals surface area contributed by atoms with E-state index in [9.17, 15) is 9.90 Å². The average Bonchev–Trinajstić information content (AvgIpc) is 2.49. The number of carbonyl (C=O) groups is 1. The number of fused-ring (bicyclic) bond motifs is 1. The molecule has 1 amide bonds. The van der Waals surface area contributed by atoms with Crippen molar-refractivity contribution in [1.82, 2.24) is 4.98 Å². The minimum Gasteiger partial charge on any atom is -0.508 e. The number of nitrogens with zero attached hydrogens (tertiary/aromatic N) is 1. The maximum Gasteiger partial charge on any atom is 0.274 e. The van der Waals surface area contributed by atoms with Crippen LogP contribution in [0.25, 0.3) is 10.9 Å². The fourth-order valence-corrected chi connectivity index (χ4v) is 2.21. The Morgan fingerprint density at radius 1 is 1.10 bits per heavy atom. The second-order valence-electron chi connectivity index (χ2n) is 4.51. The zero-order valence-corrected chi connectivity index (χ0v) is 11.6. The SMILES string of the molecule is O=C(Nc1ccc(O)cc1Cl)c1ccc2ccccc2n1. The number of phenolic OH excluding ortho intramolecular Hbond substituents is 1. The Kier molecular flexibility index (Phi) is 3.46. The lowest BCUT2D eigenvalue weighted by molar-refractivity contribution is 0.102. The third kappa shape index (κ3) is 2.80. The van der Waals surface area contributed by atoms with Crippen LogP contribution in [0, 0.1) is 0 Å². The second-order valence-corrected chi connectivity index (χ2v) is 4.91. The summed E-state index contributed by atoms with van der Waals surface area (Å²) in [5.41, 5.74) is 1.48. The molecule has 2 N–H and O–H groups in total. The van der Waals surface area contributed by atoms with Gasteiger partial charge in [-0.2, -0.15) is 0 Å². The molecule has 2 aromatic carbocycles. The van der Waals surface area contributed by atoms with Crippen molar-refractivity contribution in [2.45, 2.75) is 0 Å². The van der Waals surface area contributed by atoms with Gasteiger partial charge in [0.15, 0.2) is 0 Å². The highest BCUT2D eigenvalue weighted by molar-refractivity contribution is 6.34. The molecule has 1 aromatic heterocycles. The van der Waals surface area contributed by atoms with Crippen LogP contribution in [-0.2, 0) is 0 Å². The third-order valence-corrected chi connectivity index (χ3v) is 3.34. The lowest BCUT2D eigenvalue weighted by atomic mass is 10.2. The maximum atomic E-state index is 12.2. The molecule has 1 heterocycles. The highest BCUT2D eigenvalue weighted by Gasteiger charge is 2.10. The van der Waals surface area contributed by atoms with Gasteiger partial charge in [-0.25, -0.2) is 4.98 Å². The molecular weight excluding hydrogens is 288 g/mol. The van der Waals surface area contributed by atoms with Crippen molar-refractivity contribution < 1.29 is 9.90 Å². The summed E-state index contributed by atoms with van der Waals surface area (Å²) in [4.78, 5) is 16.5. The number of para-hydroxylation sites is 1. The van der Waals surface area contributed by atoms with Gasteiger partial charge in [-0.1, -0.05) is 35.9 Å². The molecule has 0 fully saturated rings. The van der Waals surface area contributed by atoms with E-state index < -0.39 is 0 Å². The van der Waals surface area contributed by atoms with Gasteiger partial charge >= 0.3 is 0 Å². The Morgan fingerprint density at radius 3 is 2.71 bits per heavy atom. The van der Waals surface area contributed by atoms with Gasteiger partial charge in [0.25, 0.3) is 5.91 Å². The molecule has 104 valence electrons. The van der Waals surface area contributed by atoms with Crippen molar-refractivity contribution in [3.8, 4) is 5.75 Å². The number of rotatable bonds is 2. The molecule has 3 rings (SSSR count). The molecule has 0 saturated heterocycles. The van der Waals surface area contributed by atoms with E-state index in [0.717, 1.165) is 10.9 Å². The van der Waals surface area contributed by atoms with Gasteiger partial charge in [0.05, 0.1) is 16.2 Å². The largest absolute Gasteiger partial charge is 0.508 e. The molecule has 0 bridgehead atoms. The number of halogens is 1. The van der Waals surface area contributed by atoms with E-state index in [0.29, 0.717) is 11.4 Å². The Balaban J connectivity index is 1.89. The van der Waals surface area contributed by atoms with Crippen LogP contribution in [0.15, 0.2) is 54.6 Å². The van der Waals surface area contributed by atoms with Gasteiger partial charge in [-0.15, -0.1) is 0 Å². The van der Waals surface area contributed by atoms with Crippen molar-refractivity contribution in [2.24, 2.45) is 0 Å². The smallest absolute Gasteiger partial charge is 0.274 e. The van der Waals surface area contributed by atoms with Gasteiger partial charge in [-0.05, 0) is 24.3 Å². The molecule has 3 aromatic rings. The minimum absolute atomic E-state index is 0.0434. The van der Waals surface area contributed by atoms with Crippen LogP contribution >= 0.6 is 11.6 Å². The number of pyridine rings is 1. The van der Waals surface area contributed by atoms with Crippen molar-refractivity contribution >= 4 is 34.1 Å². The van der Waals surface area contributed by atoms with Crippen LogP contribution in [0.1, 0.15) is 10.5 Å². The highest BCUT2D eigenvalue weighted by Crippen LogP contribution is 2.26. The second kappa shape index (κ2) is 5.42. The Morgan fingerprint density at radius 2 is 1.90 bits per heavy atom. The number of aromatic nitrogens is 1. The highest BCUT2D eigenvalue weighted by atomic mass is 35.5. The molecule has 21 heavy (non-hydrogen) atoms. The summed E-state index contributed by atoms with van der Waals surface area (Å²) in [6, 6.07) is 15.4. The van der Waals surface area contributed by atoms with Gasteiger partial charge < -0.3 is 10.4 Å². The molecule has 0 aliphatic rings. The van der Waals surface area contributed by atoms with E-state index in [1.165, 1.54) is 18.2 Å². The molecule has 0 aliphatic heterocycles. The first-order chi connectivity index (χ1) is 10.1. The number of hydrogen-bond donors (Lipinski definition) is 2. The van der Waals surface area contributed by atoms with Gasteiger partial charge in [0.2, 0.25) is 0 Å². The standard InChI is InChI=1S/C16H11ClN2O2/c17-12-9-11(20)6-8-14(12)19-16(21)15-7-5-10-3-1-2-4-13(10)18-15/h1-9,20H,(H,19,21). The number of benzene rings is 2. The predicted octanol–water partition coefficient (Wildman–Crippen LogP) is 3.85. The zero-order chi connectivity index (χ0) is 14.8. The summed E-state index contributed by atoms with van der Waals surface area (Å²) in [6.45, 7) is 0. The number of carbonyl (C=O) groups excluding carboxylic acids is 1. The molecule has 4 nitrogen and oxygen atoms in total. The number of phenols is 1. The minimum atomic E-state index is -0.353. The van der Waals surface area contributed by atoms with Gasteiger partial charge in [0.1, 0.15) is 11.4 Å². The third-order valence-electron chi connectivity index (χ3n) is 3.03. The number of amides is 1. The Bertz CT molecular complexity index is 833. The first kappa shape index (κ1) is 13.4. The normalized spacial score (nSPS) is 10.5. The quantitative estimate of drug-likeness (QED) is 0.706. The van der Waals surface area contributed by atoms with Crippen molar-refractivity contribution in [1.29, 1.82) is 0 Å². The summed E-state index contributed by atoms with van der Waals surface area (Å²) >= 11 is 5.96. The molecular formula is C16H11ClN2O2. The average molecular weight is 299 g/mol. The van der Waals surface area contributed by atoms with Crippen LogP contribution < -0.4 is 5.32 Å². The van der Waals surface area contributed by atoms with E-state index in [1.807, 2.05) is 30.3 Å². The van der Waals surface area contributed by atoms with Crippen molar-refractivity contribution in [2.75, 3.05) is 5.32 Å². The van der Waals surface area contributed by atoms with E-state index in [-0.39, 0.29) is 16.7 Å². The Hall–Kier alpha value is -2.59. The summed E-state index contributed by atoms with van der Waals surface area (Å²) in [5, 5.41) is 13.2. The van der Waals surface area contributed by atoms with E-state index in [1.54, 1.807) is 6.07 Å². The van der Waals surface area contributed by atoms with Crippen molar-refractivity contribution in [3.05, 3.63) is 65.3 Å². The van der Waals surface area contributed by atoms with Crippen LogP contribution in [-0.4, -0.2) is 16.0 Å². The fraction of sp³-hybridized carbons (Fsp3) is 0. The molecule has 0 aliphatic carbocycles. The first-order valence-electron chi connectivity index (χ1n) is 6.29. The van der Waals surface area contributed by atoms with Crippen LogP contribution in [0.4, 0.5) is 5.69 Å². The van der Waals surface area contributed by atoms with Crippen molar-refractivity contribution in [3.63, 3.8) is 0 Å². The molecule has 0 saturated carbocycles. The zero-order valence-electron chi connectivity index (χ0n) is 10.9. The number of hydrogen-bond acceptors (Lipinski definition) is 3. The molecule has 0 radical (unpaired) electrons. The number of aromatic hydroxyl groups is 1. The molecule has 5 heteroatoms. The summed E-state index contributed by atoms with van der Waals surface area (Å²) < 4.78 is 0. The lowest BCUT2D eigenvalue weighted by Gasteiger charge is -2.07. The predicted molar refractivity (Wildman–Crippen MR) is 82.8 cm³/mol. The van der Waals surface area contributed by atoms with E-state index in [4.69, 9.17) is 11.6 Å². The van der Waals surface area contributed by atoms with Crippen LogP contribution in [0.3, 0.4) is 0 Å². The Labute approximate surface area is 126 Å². The topological polar surface area (TPSA) is 62.2 Å². The molecule has 0 spiro atoms. The summed E-state index contributed by atoms with van der Waals surface area (Å²) in [6.07, 6.45) is 0. The van der Waals surface area contributed by atoms with Gasteiger partial charge in [0, 0.05) is 11.5 Å². The molecule has 0 atom stereocenters. The monoisotopic (exact) mass is 298 g/mol. The lowest BCUT2D eigenvalue weighted by Crippen LogP contribution is -2.13. The van der Waals surface area contributed by atoms with Crippen LogP contribution in [0.2, 0.25) is 5.02 Å². The fourth-order valence-electron chi connectivity index (χ4n) is 1.98. The maximum absolute atomic E-state index is 12.2. The summed E-state index contributed by atoms with van der Waals surface area (Å²) in [7, 11) is 0. The number of anilines is 1. The van der Waals surface area contributed by atoms with E-state index in [2.05, 4.69) is 10.3 Å². The van der Waals surface area contributed by atoms with Gasteiger partial charge in [-0.3, -0.25) is 4.79 Å². The summed E-state index contributed by atoms with van der Waals surface area (Å²) in [5.74, 6) is -0.310. The van der Waals surface area contributed by atoms with Crippen LogP contribution in [0.5, 0.6) is 5.75 Å². The first-order valence-corrected chi connectivity index (χ1v) is 6.67. The van der Waals surface area contributed by atoms with E-state index >= 15 is 0 Å². The number of nitrogens with one attached hydrogen (secondary N) is 1.